The molecule has 0 spiro atoms. The molecule has 1 heterocycles. The third-order valence-electron chi connectivity index (χ3n) is 3.16. The molecule has 1 saturated heterocycles. The molecular formula is C14H15N3O2. The van der Waals surface area contributed by atoms with Crippen LogP contribution in [-0.2, 0) is 4.74 Å². The van der Waals surface area contributed by atoms with Gasteiger partial charge in [0.15, 0.2) is 6.10 Å². The lowest BCUT2D eigenvalue weighted by Crippen LogP contribution is -2.42. The van der Waals surface area contributed by atoms with Crippen molar-refractivity contribution in [2.24, 2.45) is 0 Å². The van der Waals surface area contributed by atoms with Gasteiger partial charge in [0.25, 0.3) is 0 Å². The van der Waals surface area contributed by atoms with Gasteiger partial charge in [0.1, 0.15) is 0 Å². The van der Waals surface area contributed by atoms with Crippen LogP contribution in [0.1, 0.15) is 24.2 Å². The number of nitriles is 2. The minimum absolute atomic E-state index is 0.450. The summed E-state index contributed by atoms with van der Waals surface area (Å²) in [4.78, 5) is 1.99. The topological polar surface area (TPSA) is 80.3 Å². The zero-order valence-corrected chi connectivity index (χ0v) is 10.7. The van der Waals surface area contributed by atoms with E-state index in [9.17, 15) is 5.11 Å². The summed E-state index contributed by atoms with van der Waals surface area (Å²) in [5.41, 5.74) is 2.11. The van der Waals surface area contributed by atoms with Crippen molar-refractivity contribution in [3.63, 3.8) is 0 Å². The monoisotopic (exact) mass is 257 g/mol. The first kappa shape index (κ1) is 13.4. The van der Waals surface area contributed by atoms with E-state index in [1.807, 2.05) is 4.90 Å². The lowest BCUT2D eigenvalue weighted by atomic mass is 10.0. The molecular weight excluding hydrogens is 242 g/mol. The summed E-state index contributed by atoms with van der Waals surface area (Å²) in [6.45, 7) is 3.25. The Labute approximate surface area is 112 Å². The number of benzene rings is 1. The van der Waals surface area contributed by atoms with Gasteiger partial charge in [0.05, 0.1) is 37.0 Å². The SMILES string of the molecule is C[C@H](O)c1ccc(C#N)cc1N1CCOC(C#N)C1. The van der Waals surface area contributed by atoms with Gasteiger partial charge >= 0.3 is 0 Å². The molecule has 1 aliphatic rings. The summed E-state index contributed by atoms with van der Waals surface area (Å²) in [5.74, 6) is 0. The quantitative estimate of drug-likeness (QED) is 0.864. The van der Waals surface area contributed by atoms with Crippen LogP contribution in [0.25, 0.3) is 0 Å². The molecule has 19 heavy (non-hydrogen) atoms. The van der Waals surface area contributed by atoms with Gasteiger partial charge in [-0.3, -0.25) is 0 Å². The highest BCUT2D eigenvalue weighted by atomic mass is 16.5. The molecule has 5 nitrogen and oxygen atoms in total. The van der Waals surface area contributed by atoms with Gasteiger partial charge in [0, 0.05) is 17.8 Å². The van der Waals surface area contributed by atoms with Gasteiger partial charge in [-0.25, -0.2) is 0 Å². The number of nitrogens with zero attached hydrogens (tertiary/aromatic N) is 3. The van der Waals surface area contributed by atoms with Crippen LogP contribution < -0.4 is 4.90 Å². The predicted molar refractivity (Wildman–Crippen MR) is 69.4 cm³/mol. The van der Waals surface area contributed by atoms with E-state index in [-0.39, 0.29) is 0 Å². The Morgan fingerprint density at radius 2 is 2.26 bits per heavy atom. The first-order chi connectivity index (χ1) is 9.15. The molecule has 2 atom stereocenters. The van der Waals surface area contributed by atoms with Crippen LogP contribution in [0.5, 0.6) is 0 Å². The largest absolute Gasteiger partial charge is 0.389 e. The minimum atomic E-state index is -0.619. The molecule has 1 aromatic rings. The second-order valence-electron chi connectivity index (χ2n) is 4.50. The lowest BCUT2D eigenvalue weighted by molar-refractivity contribution is 0.0761. The van der Waals surface area contributed by atoms with Gasteiger partial charge in [-0.15, -0.1) is 0 Å². The molecule has 0 amide bonds. The zero-order chi connectivity index (χ0) is 13.8. The highest BCUT2D eigenvalue weighted by Crippen LogP contribution is 2.29. The molecule has 1 N–H and O–H groups in total. The maximum absolute atomic E-state index is 9.82. The molecule has 0 aromatic heterocycles. The summed E-state index contributed by atoms with van der Waals surface area (Å²) >= 11 is 0. The van der Waals surface area contributed by atoms with Crippen molar-refractivity contribution in [3.05, 3.63) is 29.3 Å². The van der Waals surface area contributed by atoms with Crippen LogP contribution in [0.4, 0.5) is 5.69 Å². The maximum atomic E-state index is 9.82. The van der Waals surface area contributed by atoms with Crippen molar-refractivity contribution in [1.82, 2.24) is 0 Å². The molecule has 0 radical (unpaired) electrons. The molecule has 1 aliphatic heterocycles. The number of morpholine rings is 1. The van der Waals surface area contributed by atoms with Crippen LogP contribution >= 0.6 is 0 Å². The van der Waals surface area contributed by atoms with Gasteiger partial charge in [-0.1, -0.05) is 6.07 Å². The van der Waals surface area contributed by atoms with Gasteiger partial charge in [0.2, 0.25) is 0 Å². The van der Waals surface area contributed by atoms with E-state index in [0.29, 0.717) is 25.3 Å². The number of rotatable bonds is 2. The van der Waals surface area contributed by atoms with Crippen LogP contribution in [0.15, 0.2) is 18.2 Å². The number of aliphatic hydroxyl groups excluding tert-OH is 1. The molecule has 0 saturated carbocycles. The standard InChI is InChI=1S/C14H15N3O2/c1-10(18)13-3-2-11(7-15)6-14(13)17-4-5-19-12(8-16)9-17/h2-3,6,10,12,18H,4-5,9H2,1H3/t10-,12?/m0/s1. The predicted octanol–water partition coefficient (Wildman–Crippen LogP) is 1.34. The number of hydrogen-bond acceptors (Lipinski definition) is 5. The Hall–Kier alpha value is -2.08. The Morgan fingerprint density at radius 1 is 1.47 bits per heavy atom. The Morgan fingerprint density at radius 3 is 2.89 bits per heavy atom. The smallest absolute Gasteiger partial charge is 0.161 e. The third kappa shape index (κ3) is 2.85. The van der Waals surface area contributed by atoms with Gasteiger partial charge in [-0.2, -0.15) is 10.5 Å². The van der Waals surface area contributed by atoms with E-state index >= 15 is 0 Å². The highest BCUT2D eigenvalue weighted by molar-refractivity contribution is 5.59. The van der Waals surface area contributed by atoms with E-state index in [1.54, 1.807) is 25.1 Å². The molecule has 2 rings (SSSR count). The summed E-state index contributed by atoms with van der Waals surface area (Å²) in [6.07, 6.45) is -1.09. The number of anilines is 1. The van der Waals surface area contributed by atoms with E-state index in [1.165, 1.54) is 0 Å². The van der Waals surface area contributed by atoms with Crippen LogP contribution in [0.3, 0.4) is 0 Å². The highest BCUT2D eigenvalue weighted by Gasteiger charge is 2.23. The second kappa shape index (κ2) is 5.71. The van der Waals surface area contributed by atoms with Crippen LogP contribution in [0, 0.1) is 22.7 Å². The van der Waals surface area contributed by atoms with Crippen molar-refractivity contribution in [2.45, 2.75) is 19.1 Å². The van der Waals surface area contributed by atoms with E-state index in [4.69, 9.17) is 15.3 Å². The number of ether oxygens (including phenoxy) is 1. The van der Waals surface area contributed by atoms with E-state index in [2.05, 4.69) is 12.1 Å². The van der Waals surface area contributed by atoms with E-state index < -0.39 is 12.2 Å². The Kier molecular flexibility index (Phi) is 4.01. The van der Waals surface area contributed by atoms with Crippen LogP contribution in [-0.4, -0.2) is 30.9 Å². The number of aliphatic hydroxyl groups is 1. The zero-order valence-electron chi connectivity index (χ0n) is 10.7. The fourth-order valence-electron chi connectivity index (χ4n) is 2.19. The second-order valence-corrected chi connectivity index (χ2v) is 4.50. The maximum Gasteiger partial charge on any atom is 0.161 e. The summed E-state index contributed by atoms with van der Waals surface area (Å²) in [5, 5.41) is 27.7. The first-order valence-corrected chi connectivity index (χ1v) is 6.14. The van der Waals surface area contributed by atoms with Gasteiger partial charge in [-0.05, 0) is 19.1 Å². The fraction of sp³-hybridized carbons (Fsp3) is 0.429. The van der Waals surface area contributed by atoms with Crippen molar-refractivity contribution >= 4 is 5.69 Å². The molecule has 0 aliphatic carbocycles. The summed E-state index contributed by atoms with van der Waals surface area (Å²) in [6, 6.07) is 9.38. The van der Waals surface area contributed by atoms with Crippen molar-refractivity contribution in [1.29, 1.82) is 10.5 Å². The van der Waals surface area contributed by atoms with Crippen molar-refractivity contribution in [3.8, 4) is 12.1 Å². The normalized spacial score (nSPS) is 20.4. The molecule has 1 fully saturated rings. The van der Waals surface area contributed by atoms with Crippen molar-refractivity contribution in [2.75, 3.05) is 24.6 Å². The van der Waals surface area contributed by atoms with Crippen LogP contribution in [0.2, 0.25) is 0 Å². The van der Waals surface area contributed by atoms with Crippen molar-refractivity contribution < 1.29 is 9.84 Å². The first-order valence-electron chi connectivity index (χ1n) is 6.14. The fourth-order valence-corrected chi connectivity index (χ4v) is 2.19. The summed E-state index contributed by atoms with van der Waals surface area (Å²) < 4.78 is 5.31. The van der Waals surface area contributed by atoms with Gasteiger partial charge < -0.3 is 14.7 Å². The average molecular weight is 257 g/mol. The van der Waals surface area contributed by atoms with E-state index in [0.717, 1.165) is 11.3 Å². The average Bonchev–Trinajstić information content (AvgIpc) is 2.46. The molecule has 0 bridgehead atoms. The minimum Gasteiger partial charge on any atom is -0.389 e. The summed E-state index contributed by atoms with van der Waals surface area (Å²) in [7, 11) is 0. The molecule has 1 aromatic carbocycles. The molecule has 5 heteroatoms. The number of hydrogen-bond donors (Lipinski definition) is 1. The molecule has 1 unspecified atom stereocenters. The Balaban J connectivity index is 2.36. The Bertz CT molecular complexity index is 543. The lowest BCUT2D eigenvalue weighted by Gasteiger charge is -2.33. The third-order valence-corrected chi connectivity index (χ3v) is 3.16. The molecule has 98 valence electrons.